The van der Waals surface area contributed by atoms with Gasteiger partial charge in [-0.2, -0.15) is 5.10 Å². The molecular weight excluding hydrogens is 450 g/mol. The molecule has 2 aromatic carbocycles. The van der Waals surface area contributed by atoms with Gasteiger partial charge in [0.2, 0.25) is 0 Å². The third-order valence-corrected chi connectivity index (χ3v) is 7.63. The van der Waals surface area contributed by atoms with Gasteiger partial charge in [-0.25, -0.2) is 0 Å². The maximum Gasteiger partial charge on any atom is 0.156 e. The maximum atomic E-state index is 6.28. The van der Waals surface area contributed by atoms with Gasteiger partial charge in [0.15, 0.2) is 5.82 Å². The monoisotopic (exact) mass is 489 g/mol. The Morgan fingerprint density at radius 1 is 0.889 bits per heavy atom. The topological polar surface area (TPSA) is 62.8 Å². The minimum atomic E-state index is 0.337. The van der Waals surface area contributed by atoms with E-state index in [2.05, 4.69) is 68.8 Å². The summed E-state index contributed by atoms with van der Waals surface area (Å²) < 4.78 is 11.7. The van der Waals surface area contributed by atoms with Gasteiger partial charge in [0.05, 0.1) is 18.9 Å². The molecular formula is C29H39N5O2. The number of methoxy groups -OCH3 is 1. The van der Waals surface area contributed by atoms with Gasteiger partial charge in [0.1, 0.15) is 11.5 Å². The Morgan fingerprint density at radius 3 is 2.44 bits per heavy atom. The molecule has 0 amide bonds. The fraction of sp³-hybridized carbons (Fsp3) is 0.517. The molecule has 0 spiro atoms. The van der Waals surface area contributed by atoms with Crippen molar-refractivity contribution < 1.29 is 9.47 Å². The number of benzene rings is 2. The van der Waals surface area contributed by atoms with Crippen LogP contribution in [0.25, 0.3) is 10.8 Å². The van der Waals surface area contributed by atoms with Crippen molar-refractivity contribution in [3.63, 3.8) is 0 Å². The number of rotatable bonds is 7. The molecule has 36 heavy (non-hydrogen) atoms. The molecule has 0 radical (unpaired) electrons. The fourth-order valence-electron chi connectivity index (χ4n) is 5.38. The molecule has 7 heteroatoms. The summed E-state index contributed by atoms with van der Waals surface area (Å²) in [5, 5.41) is 14.7. The van der Waals surface area contributed by atoms with Crippen molar-refractivity contribution in [1.82, 2.24) is 20.0 Å². The number of aromatic nitrogens is 2. The average Bonchev–Trinajstić information content (AvgIpc) is 3.11. The molecule has 2 aliphatic heterocycles. The zero-order chi connectivity index (χ0) is 24.9. The molecule has 2 fully saturated rings. The highest BCUT2D eigenvalue weighted by Gasteiger charge is 2.21. The summed E-state index contributed by atoms with van der Waals surface area (Å²) in [4.78, 5) is 4.94. The quantitative estimate of drug-likeness (QED) is 0.507. The number of likely N-dealkylation sites (tertiary alicyclic amines) is 2. The van der Waals surface area contributed by atoms with E-state index in [1.807, 2.05) is 13.0 Å². The van der Waals surface area contributed by atoms with Crippen molar-refractivity contribution in [3.05, 3.63) is 53.7 Å². The van der Waals surface area contributed by atoms with Crippen LogP contribution >= 0.6 is 0 Å². The average molecular weight is 490 g/mol. The summed E-state index contributed by atoms with van der Waals surface area (Å²) in [7, 11) is 3.90. The zero-order valence-corrected chi connectivity index (χ0v) is 21.9. The number of aryl methyl sites for hydroxylation is 1. The maximum absolute atomic E-state index is 6.28. The second kappa shape index (κ2) is 11.4. The molecule has 1 N–H and O–H groups in total. The number of ether oxygens (including phenoxy) is 2. The molecule has 1 unspecified atom stereocenters. The first kappa shape index (κ1) is 24.8. The van der Waals surface area contributed by atoms with E-state index in [1.54, 1.807) is 7.11 Å². The van der Waals surface area contributed by atoms with Crippen molar-refractivity contribution in [3.8, 4) is 11.5 Å². The number of nitrogens with one attached hydrogen (secondary N) is 1. The highest BCUT2D eigenvalue weighted by molar-refractivity contribution is 5.94. The SMILES string of the molecule is COc1ccc2c(C)nnc(NC3CCN(Cc4ccc(OC5CCCN(C)CC5)cc4)CC3)c2c1. The summed E-state index contributed by atoms with van der Waals surface area (Å²) >= 11 is 0. The molecule has 2 aliphatic rings. The lowest BCUT2D eigenvalue weighted by atomic mass is 10.0. The van der Waals surface area contributed by atoms with Crippen molar-refractivity contribution in [1.29, 1.82) is 0 Å². The lowest BCUT2D eigenvalue weighted by Crippen LogP contribution is -2.38. The van der Waals surface area contributed by atoms with E-state index >= 15 is 0 Å². The number of anilines is 1. The molecule has 2 saturated heterocycles. The van der Waals surface area contributed by atoms with E-state index in [4.69, 9.17) is 9.47 Å². The first-order valence-electron chi connectivity index (χ1n) is 13.3. The first-order valence-corrected chi connectivity index (χ1v) is 13.3. The summed E-state index contributed by atoms with van der Waals surface area (Å²) in [5.74, 6) is 2.69. The number of hydrogen-bond donors (Lipinski definition) is 1. The third kappa shape index (κ3) is 6.08. The molecule has 1 atom stereocenters. The molecule has 192 valence electrons. The van der Waals surface area contributed by atoms with Crippen LogP contribution in [0.1, 0.15) is 43.4 Å². The van der Waals surface area contributed by atoms with Crippen LogP contribution in [0.15, 0.2) is 42.5 Å². The normalized spacial score (nSPS) is 20.2. The van der Waals surface area contributed by atoms with E-state index < -0.39 is 0 Å². The van der Waals surface area contributed by atoms with E-state index in [9.17, 15) is 0 Å². The van der Waals surface area contributed by atoms with Crippen LogP contribution in [0.4, 0.5) is 5.82 Å². The largest absolute Gasteiger partial charge is 0.497 e. The van der Waals surface area contributed by atoms with Gasteiger partial charge in [-0.05, 0) is 88.5 Å². The predicted molar refractivity (Wildman–Crippen MR) is 145 cm³/mol. The van der Waals surface area contributed by atoms with Gasteiger partial charge in [-0.3, -0.25) is 4.90 Å². The molecule has 0 saturated carbocycles. The zero-order valence-electron chi connectivity index (χ0n) is 21.9. The van der Waals surface area contributed by atoms with Gasteiger partial charge in [-0.15, -0.1) is 5.10 Å². The number of nitrogens with zero attached hydrogens (tertiary/aromatic N) is 4. The van der Waals surface area contributed by atoms with Crippen LogP contribution in [0.5, 0.6) is 11.5 Å². The van der Waals surface area contributed by atoms with E-state index in [0.717, 1.165) is 85.6 Å². The van der Waals surface area contributed by atoms with E-state index in [1.165, 1.54) is 18.5 Å². The van der Waals surface area contributed by atoms with Crippen molar-refractivity contribution in [2.24, 2.45) is 0 Å². The van der Waals surface area contributed by atoms with Crippen molar-refractivity contribution in [2.45, 2.75) is 57.7 Å². The fourth-order valence-corrected chi connectivity index (χ4v) is 5.38. The lowest BCUT2D eigenvalue weighted by molar-refractivity contribution is 0.183. The molecule has 0 aliphatic carbocycles. The van der Waals surface area contributed by atoms with Crippen LogP contribution < -0.4 is 14.8 Å². The molecule has 5 rings (SSSR count). The summed E-state index contributed by atoms with van der Waals surface area (Å²) in [6.07, 6.45) is 5.97. The molecule has 3 heterocycles. The van der Waals surface area contributed by atoms with Crippen LogP contribution in [-0.2, 0) is 6.54 Å². The van der Waals surface area contributed by atoms with Crippen LogP contribution in [-0.4, -0.2) is 72.5 Å². The Hall–Kier alpha value is -2.90. The summed E-state index contributed by atoms with van der Waals surface area (Å²) in [5.41, 5.74) is 2.28. The van der Waals surface area contributed by atoms with Gasteiger partial charge >= 0.3 is 0 Å². The molecule has 3 aromatic rings. The Kier molecular flexibility index (Phi) is 7.87. The second-order valence-electron chi connectivity index (χ2n) is 10.4. The minimum Gasteiger partial charge on any atom is -0.497 e. The number of hydrogen-bond acceptors (Lipinski definition) is 7. The van der Waals surface area contributed by atoms with Crippen molar-refractivity contribution in [2.75, 3.05) is 45.7 Å². The summed E-state index contributed by atoms with van der Waals surface area (Å²) in [6.45, 7) is 7.39. The third-order valence-electron chi connectivity index (χ3n) is 7.63. The highest BCUT2D eigenvalue weighted by Crippen LogP contribution is 2.29. The van der Waals surface area contributed by atoms with E-state index in [0.29, 0.717) is 12.1 Å². The number of fused-ring (bicyclic) bond motifs is 1. The molecule has 7 nitrogen and oxygen atoms in total. The van der Waals surface area contributed by atoms with E-state index in [-0.39, 0.29) is 0 Å². The lowest BCUT2D eigenvalue weighted by Gasteiger charge is -2.32. The van der Waals surface area contributed by atoms with Gasteiger partial charge in [0, 0.05) is 43.0 Å². The smallest absolute Gasteiger partial charge is 0.156 e. The first-order chi connectivity index (χ1) is 17.6. The standard InChI is InChI=1S/C29H39N5O2/c1-21-27-11-10-26(35-3)19-28(27)29(32-31-21)30-23-12-17-34(18-13-23)20-22-6-8-25(9-7-22)36-24-5-4-15-33(2)16-14-24/h6-11,19,23-24H,4-5,12-18,20H2,1-3H3,(H,30,32). The minimum absolute atomic E-state index is 0.337. The molecule has 1 aromatic heterocycles. The molecule has 0 bridgehead atoms. The summed E-state index contributed by atoms with van der Waals surface area (Å²) in [6, 6.07) is 15.2. The van der Waals surface area contributed by atoms with Gasteiger partial charge in [0.25, 0.3) is 0 Å². The van der Waals surface area contributed by atoms with Crippen LogP contribution in [0, 0.1) is 6.92 Å². The van der Waals surface area contributed by atoms with Crippen LogP contribution in [0.3, 0.4) is 0 Å². The highest BCUT2D eigenvalue weighted by atomic mass is 16.5. The Morgan fingerprint density at radius 2 is 1.67 bits per heavy atom. The number of piperidine rings is 1. The Balaban J connectivity index is 1.13. The van der Waals surface area contributed by atoms with Gasteiger partial charge < -0.3 is 19.7 Å². The van der Waals surface area contributed by atoms with Gasteiger partial charge in [-0.1, -0.05) is 12.1 Å². The Labute approximate surface area is 214 Å². The van der Waals surface area contributed by atoms with Crippen molar-refractivity contribution >= 4 is 16.6 Å². The predicted octanol–water partition coefficient (Wildman–Crippen LogP) is 4.89. The Bertz CT molecular complexity index is 1140. The second-order valence-corrected chi connectivity index (χ2v) is 10.4. The van der Waals surface area contributed by atoms with Crippen LogP contribution in [0.2, 0.25) is 0 Å².